The molecule has 0 spiro atoms. The molecule has 0 radical (unpaired) electrons. The van der Waals surface area contributed by atoms with E-state index >= 15 is 0 Å². The molecular formula is C19H38N4O2. The summed E-state index contributed by atoms with van der Waals surface area (Å²) >= 11 is 0. The van der Waals surface area contributed by atoms with E-state index in [0.29, 0.717) is 12.0 Å². The molecule has 0 aliphatic carbocycles. The number of ether oxygens (including phenoxy) is 2. The Bertz CT molecular complexity index is 364. The molecule has 1 atom stereocenters. The molecule has 0 aromatic rings. The molecule has 0 bridgehead atoms. The Morgan fingerprint density at radius 3 is 2.76 bits per heavy atom. The second-order valence-corrected chi connectivity index (χ2v) is 7.18. The molecule has 0 aromatic carbocycles. The highest BCUT2D eigenvalue weighted by molar-refractivity contribution is 5.80. The fraction of sp³-hybridized carbons (Fsp3) is 0.947. The van der Waals surface area contributed by atoms with Gasteiger partial charge in [-0.25, -0.2) is 0 Å². The van der Waals surface area contributed by atoms with Gasteiger partial charge in [0.1, 0.15) is 0 Å². The second kappa shape index (κ2) is 12.5. The molecule has 2 rings (SSSR count). The summed E-state index contributed by atoms with van der Waals surface area (Å²) in [6.45, 7) is 13.1. The van der Waals surface area contributed by atoms with Crippen molar-refractivity contribution in [1.29, 1.82) is 0 Å². The first-order valence-corrected chi connectivity index (χ1v) is 10.2. The molecule has 2 heterocycles. The Balaban J connectivity index is 1.59. The van der Waals surface area contributed by atoms with Gasteiger partial charge in [0.2, 0.25) is 0 Å². The maximum absolute atomic E-state index is 5.75. The minimum atomic E-state index is 0.546. The van der Waals surface area contributed by atoms with E-state index in [1.54, 1.807) is 0 Å². The summed E-state index contributed by atoms with van der Waals surface area (Å²) in [5.74, 6) is 1.56. The highest BCUT2D eigenvalue weighted by atomic mass is 16.5. The fourth-order valence-electron chi connectivity index (χ4n) is 3.45. The van der Waals surface area contributed by atoms with Gasteiger partial charge in [0.25, 0.3) is 0 Å². The Kier molecular flexibility index (Phi) is 10.2. The van der Waals surface area contributed by atoms with E-state index in [0.717, 1.165) is 58.3 Å². The quantitative estimate of drug-likeness (QED) is 0.356. The highest BCUT2D eigenvalue weighted by Crippen LogP contribution is 2.12. The number of rotatable bonds is 10. The number of nitrogens with one attached hydrogen (secondary N) is 2. The predicted molar refractivity (Wildman–Crippen MR) is 103 cm³/mol. The van der Waals surface area contributed by atoms with Crippen LogP contribution in [0.3, 0.4) is 0 Å². The third kappa shape index (κ3) is 8.38. The van der Waals surface area contributed by atoms with Crippen LogP contribution in [0, 0.1) is 5.92 Å². The summed E-state index contributed by atoms with van der Waals surface area (Å²) in [7, 11) is 0. The van der Waals surface area contributed by atoms with E-state index in [1.807, 2.05) is 0 Å². The first-order chi connectivity index (χ1) is 12.3. The third-order valence-electron chi connectivity index (χ3n) is 4.91. The maximum atomic E-state index is 5.75. The molecule has 0 aromatic heterocycles. The Morgan fingerprint density at radius 1 is 1.24 bits per heavy atom. The van der Waals surface area contributed by atoms with E-state index in [-0.39, 0.29) is 0 Å². The van der Waals surface area contributed by atoms with Crippen molar-refractivity contribution < 1.29 is 9.47 Å². The highest BCUT2D eigenvalue weighted by Gasteiger charge is 2.19. The number of hydrogen-bond acceptors (Lipinski definition) is 4. The lowest BCUT2D eigenvalue weighted by Gasteiger charge is -2.32. The minimum Gasteiger partial charge on any atom is -0.381 e. The Hall–Kier alpha value is -0.850. The van der Waals surface area contributed by atoms with Crippen LogP contribution in [0.2, 0.25) is 0 Å². The second-order valence-electron chi connectivity index (χ2n) is 7.18. The normalized spacial score (nSPS) is 23.1. The standard InChI is InChI=1S/C19H38N4O2/c1-3-10-23-11-6-18(7-12-23)22-19(20-4-2)21-9-5-13-24-15-17-8-14-25-16-17/h17-18H,3-16H2,1-2H3,(H2,20,21,22). The van der Waals surface area contributed by atoms with E-state index in [2.05, 4.69) is 29.4 Å². The molecule has 0 amide bonds. The third-order valence-corrected chi connectivity index (χ3v) is 4.91. The molecule has 2 fully saturated rings. The summed E-state index contributed by atoms with van der Waals surface area (Å²) in [4.78, 5) is 7.27. The van der Waals surface area contributed by atoms with Crippen molar-refractivity contribution in [2.45, 2.75) is 52.0 Å². The smallest absolute Gasteiger partial charge is 0.191 e. The molecular weight excluding hydrogens is 316 g/mol. The molecule has 0 saturated carbocycles. The van der Waals surface area contributed by atoms with Crippen LogP contribution in [-0.2, 0) is 9.47 Å². The van der Waals surface area contributed by atoms with Crippen LogP contribution in [0.25, 0.3) is 0 Å². The lowest BCUT2D eigenvalue weighted by atomic mass is 10.1. The van der Waals surface area contributed by atoms with E-state index in [4.69, 9.17) is 14.5 Å². The minimum absolute atomic E-state index is 0.546. The monoisotopic (exact) mass is 354 g/mol. The maximum Gasteiger partial charge on any atom is 0.191 e. The van der Waals surface area contributed by atoms with E-state index in [1.165, 1.54) is 38.9 Å². The molecule has 25 heavy (non-hydrogen) atoms. The zero-order valence-corrected chi connectivity index (χ0v) is 16.3. The van der Waals surface area contributed by atoms with Gasteiger partial charge in [-0.15, -0.1) is 0 Å². The van der Waals surface area contributed by atoms with Crippen LogP contribution in [0.1, 0.15) is 46.0 Å². The number of likely N-dealkylation sites (tertiary alicyclic amines) is 1. The molecule has 1 unspecified atom stereocenters. The lowest BCUT2D eigenvalue weighted by Crippen LogP contribution is -2.48. The van der Waals surface area contributed by atoms with Gasteiger partial charge in [-0.2, -0.15) is 0 Å². The molecule has 146 valence electrons. The summed E-state index contributed by atoms with van der Waals surface area (Å²) in [6, 6.07) is 0.546. The van der Waals surface area contributed by atoms with Crippen molar-refractivity contribution in [1.82, 2.24) is 15.5 Å². The average molecular weight is 355 g/mol. The number of piperidine rings is 1. The lowest BCUT2D eigenvalue weighted by molar-refractivity contribution is 0.0893. The van der Waals surface area contributed by atoms with Crippen LogP contribution in [-0.4, -0.2) is 76.1 Å². The van der Waals surface area contributed by atoms with Crippen LogP contribution in [0.15, 0.2) is 4.99 Å². The molecule has 2 saturated heterocycles. The van der Waals surface area contributed by atoms with Crippen LogP contribution in [0.5, 0.6) is 0 Å². The largest absolute Gasteiger partial charge is 0.381 e. The predicted octanol–water partition coefficient (Wildman–Crippen LogP) is 1.86. The first kappa shape index (κ1) is 20.5. The Labute approximate surface area is 153 Å². The molecule has 6 heteroatoms. The van der Waals surface area contributed by atoms with Gasteiger partial charge >= 0.3 is 0 Å². The summed E-state index contributed by atoms with van der Waals surface area (Å²) in [6.07, 6.45) is 5.77. The first-order valence-electron chi connectivity index (χ1n) is 10.2. The molecule has 6 nitrogen and oxygen atoms in total. The van der Waals surface area contributed by atoms with Crippen molar-refractivity contribution in [3.8, 4) is 0 Å². The Morgan fingerprint density at radius 2 is 2.08 bits per heavy atom. The molecule has 2 aliphatic heterocycles. The van der Waals surface area contributed by atoms with Gasteiger partial charge in [0.15, 0.2) is 5.96 Å². The van der Waals surface area contributed by atoms with Gasteiger partial charge in [-0.3, -0.25) is 4.99 Å². The van der Waals surface area contributed by atoms with E-state index in [9.17, 15) is 0 Å². The summed E-state index contributed by atoms with van der Waals surface area (Å²) < 4.78 is 11.1. The van der Waals surface area contributed by atoms with Crippen molar-refractivity contribution in [3.05, 3.63) is 0 Å². The van der Waals surface area contributed by atoms with Crippen molar-refractivity contribution in [2.24, 2.45) is 10.9 Å². The molecule has 2 aliphatic rings. The van der Waals surface area contributed by atoms with Gasteiger partial charge in [0, 0.05) is 51.4 Å². The average Bonchev–Trinajstić information content (AvgIpc) is 3.13. The van der Waals surface area contributed by atoms with Crippen molar-refractivity contribution in [2.75, 3.05) is 59.2 Å². The van der Waals surface area contributed by atoms with Crippen molar-refractivity contribution >= 4 is 5.96 Å². The van der Waals surface area contributed by atoms with E-state index < -0.39 is 0 Å². The zero-order valence-electron chi connectivity index (χ0n) is 16.3. The topological polar surface area (TPSA) is 58.1 Å². The van der Waals surface area contributed by atoms with Crippen LogP contribution < -0.4 is 10.6 Å². The van der Waals surface area contributed by atoms with Crippen LogP contribution in [0.4, 0.5) is 0 Å². The number of guanidine groups is 1. The number of nitrogens with zero attached hydrogens (tertiary/aromatic N) is 2. The van der Waals surface area contributed by atoms with Gasteiger partial charge in [-0.1, -0.05) is 6.92 Å². The van der Waals surface area contributed by atoms with Gasteiger partial charge in [0.05, 0.1) is 13.2 Å². The van der Waals surface area contributed by atoms with Gasteiger partial charge < -0.3 is 25.0 Å². The summed E-state index contributed by atoms with van der Waals surface area (Å²) in [5, 5.41) is 6.98. The summed E-state index contributed by atoms with van der Waals surface area (Å²) in [5.41, 5.74) is 0. The van der Waals surface area contributed by atoms with Crippen LogP contribution >= 0.6 is 0 Å². The van der Waals surface area contributed by atoms with Gasteiger partial charge in [-0.05, 0) is 45.6 Å². The zero-order chi connectivity index (χ0) is 17.7. The molecule has 2 N–H and O–H groups in total. The number of aliphatic imine (C=N–C) groups is 1. The SMILES string of the molecule is CCCN1CCC(NC(=NCCCOCC2CCOC2)NCC)CC1. The fourth-order valence-corrected chi connectivity index (χ4v) is 3.45. The number of hydrogen-bond donors (Lipinski definition) is 2. The van der Waals surface area contributed by atoms with Crippen molar-refractivity contribution in [3.63, 3.8) is 0 Å².